The Labute approximate surface area is 139 Å². The summed E-state index contributed by atoms with van der Waals surface area (Å²) in [5.41, 5.74) is 1.52. The highest BCUT2D eigenvalue weighted by Crippen LogP contribution is 2.35. The maximum Gasteiger partial charge on any atom is 0.213 e. The van der Waals surface area contributed by atoms with Crippen LogP contribution in [-0.2, 0) is 0 Å². The average molecular weight is 429 g/mol. The zero-order valence-electron chi connectivity index (χ0n) is 10.6. The number of rotatable bonds is 2. The third kappa shape index (κ3) is 2.18. The number of furan rings is 1. The van der Waals surface area contributed by atoms with E-state index in [2.05, 4.69) is 41.9 Å². The number of imidazole rings is 1. The summed E-state index contributed by atoms with van der Waals surface area (Å²) in [6.07, 6.45) is 1.85. The Hall–Kier alpha value is -1.38. The second-order valence-electron chi connectivity index (χ2n) is 4.34. The van der Waals surface area contributed by atoms with Crippen LogP contribution in [0.3, 0.4) is 0 Å². The number of ether oxygens (including phenoxy) is 1. The SMILES string of the molecule is COc1cc2oc(-c3cn4nc(Br)sc4n3)cc2cc1Br. The molecule has 0 bridgehead atoms. The predicted octanol–water partition coefficient (Wildman–Crippen LogP) is 4.74. The summed E-state index contributed by atoms with van der Waals surface area (Å²) in [7, 11) is 1.63. The normalized spacial score (nSPS) is 11.6. The quantitative estimate of drug-likeness (QED) is 0.462. The van der Waals surface area contributed by atoms with Crippen LogP contribution in [0.15, 0.2) is 37.2 Å². The van der Waals surface area contributed by atoms with Crippen LogP contribution in [0.4, 0.5) is 0 Å². The Kier molecular flexibility index (Phi) is 3.05. The summed E-state index contributed by atoms with van der Waals surface area (Å²) in [6, 6.07) is 5.78. The lowest BCUT2D eigenvalue weighted by atomic mass is 10.2. The third-order valence-corrected chi connectivity index (χ3v) is 5.04. The molecule has 0 saturated heterocycles. The fraction of sp³-hybridized carbons (Fsp3) is 0.0769. The predicted molar refractivity (Wildman–Crippen MR) is 88.0 cm³/mol. The van der Waals surface area contributed by atoms with E-state index in [0.717, 1.165) is 35.8 Å². The van der Waals surface area contributed by atoms with Gasteiger partial charge >= 0.3 is 0 Å². The molecule has 5 nitrogen and oxygen atoms in total. The zero-order valence-corrected chi connectivity index (χ0v) is 14.6. The van der Waals surface area contributed by atoms with Gasteiger partial charge in [-0.05, 0) is 44.0 Å². The summed E-state index contributed by atoms with van der Waals surface area (Å²) in [6.45, 7) is 0. The number of benzene rings is 1. The highest BCUT2D eigenvalue weighted by atomic mass is 79.9. The number of fused-ring (bicyclic) bond motifs is 2. The molecule has 0 fully saturated rings. The molecule has 0 N–H and O–H groups in total. The number of methoxy groups -OCH3 is 1. The van der Waals surface area contributed by atoms with Gasteiger partial charge in [0.2, 0.25) is 4.96 Å². The molecule has 3 aromatic heterocycles. The molecule has 8 heteroatoms. The molecular weight excluding hydrogens is 422 g/mol. The van der Waals surface area contributed by atoms with E-state index >= 15 is 0 Å². The van der Waals surface area contributed by atoms with Crippen molar-refractivity contribution in [3.63, 3.8) is 0 Å². The van der Waals surface area contributed by atoms with Gasteiger partial charge in [0.05, 0.1) is 17.8 Å². The van der Waals surface area contributed by atoms with Gasteiger partial charge in [-0.1, -0.05) is 11.3 Å². The third-order valence-electron chi connectivity index (χ3n) is 3.06. The lowest BCUT2D eigenvalue weighted by Crippen LogP contribution is -1.82. The Morgan fingerprint density at radius 3 is 2.90 bits per heavy atom. The van der Waals surface area contributed by atoms with Crippen LogP contribution >= 0.6 is 43.2 Å². The minimum atomic E-state index is 0.707. The van der Waals surface area contributed by atoms with Crippen molar-refractivity contribution < 1.29 is 9.15 Å². The molecule has 106 valence electrons. The van der Waals surface area contributed by atoms with E-state index in [1.807, 2.05) is 24.4 Å². The molecule has 0 aliphatic carbocycles. The Balaban J connectivity index is 1.87. The van der Waals surface area contributed by atoms with Gasteiger partial charge in [0.1, 0.15) is 17.0 Å². The summed E-state index contributed by atoms with van der Waals surface area (Å²) in [4.78, 5) is 5.33. The number of nitrogens with zero attached hydrogens (tertiary/aromatic N) is 3. The lowest BCUT2D eigenvalue weighted by molar-refractivity contribution is 0.412. The van der Waals surface area contributed by atoms with Gasteiger partial charge < -0.3 is 9.15 Å². The van der Waals surface area contributed by atoms with Crippen LogP contribution in [0.2, 0.25) is 0 Å². The first kappa shape index (κ1) is 13.3. The Morgan fingerprint density at radius 2 is 2.14 bits per heavy atom. The van der Waals surface area contributed by atoms with Crippen molar-refractivity contribution in [2.45, 2.75) is 0 Å². The molecule has 0 unspecified atom stereocenters. The second-order valence-corrected chi connectivity index (χ2v) is 7.43. The molecule has 0 amide bonds. The first-order valence-corrected chi connectivity index (χ1v) is 8.33. The van der Waals surface area contributed by atoms with Crippen molar-refractivity contribution in [3.05, 3.63) is 32.8 Å². The number of hydrogen-bond acceptors (Lipinski definition) is 5. The molecule has 4 aromatic rings. The molecule has 1 aromatic carbocycles. The summed E-state index contributed by atoms with van der Waals surface area (Å²) in [5.74, 6) is 1.44. The zero-order chi connectivity index (χ0) is 14.6. The van der Waals surface area contributed by atoms with Gasteiger partial charge in [0.25, 0.3) is 0 Å². The summed E-state index contributed by atoms with van der Waals surface area (Å²) < 4.78 is 14.6. The molecule has 21 heavy (non-hydrogen) atoms. The molecule has 0 radical (unpaired) electrons. The summed E-state index contributed by atoms with van der Waals surface area (Å²) in [5, 5.41) is 5.26. The fourth-order valence-electron chi connectivity index (χ4n) is 2.12. The second kappa shape index (κ2) is 4.82. The van der Waals surface area contributed by atoms with Gasteiger partial charge in [-0.25, -0.2) is 9.50 Å². The number of halogens is 2. The van der Waals surface area contributed by atoms with E-state index in [-0.39, 0.29) is 0 Å². The largest absolute Gasteiger partial charge is 0.495 e. The van der Waals surface area contributed by atoms with Crippen molar-refractivity contribution in [2.24, 2.45) is 0 Å². The van der Waals surface area contributed by atoms with Crippen LogP contribution in [0.1, 0.15) is 0 Å². The number of aromatic nitrogens is 3. The van der Waals surface area contributed by atoms with Crippen LogP contribution < -0.4 is 4.74 Å². The molecule has 0 atom stereocenters. The van der Waals surface area contributed by atoms with Gasteiger partial charge in [-0.15, -0.1) is 5.10 Å². The van der Waals surface area contributed by atoms with Crippen LogP contribution in [0, 0.1) is 0 Å². The monoisotopic (exact) mass is 427 g/mol. The fourth-order valence-corrected chi connectivity index (χ4v) is 3.86. The maximum absolute atomic E-state index is 5.87. The molecular formula is C13H7Br2N3O2S. The van der Waals surface area contributed by atoms with Crippen LogP contribution in [-0.4, -0.2) is 21.7 Å². The average Bonchev–Trinajstić information content (AvgIpc) is 3.08. The van der Waals surface area contributed by atoms with Gasteiger partial charge in [-0.2, -0.15) is 0 Å². The first-order chi connectivity index (χ1) is 10.1. The first-order valence-electron chi connectivity index (χ1n) is 5.93. The minimum absolute atomic E-state index is 0.707. The van der Waals surface area contributed by atoms with Crippen molar-refractivity contribution in [1.82, 2.24) is 14.6 Å². The van der Waals surface area contributed by atoms with Gasteiger partial charge in [-0.3, -0.25) is 0 Å². The molecule has 4 rings (SSSR count). The van der Waals surface area contributed by atoms with E-state index in [9.17, 15) is 0 Å². The lowest BCUT2D eigenvalue weighted by Gasteiger charge is -2.01. The van der Waals surface area contributed by atoms with Crippen LogP contribution in [0.25, 0.3) is 27.4 Å². The standard InChI is InChI=1S/C13H7Br2N3O2S/c1-19-10-4-9-6(2-7(10)14)3-11(20-9)8-5-18-13(16-8)21-12(15)17-18/h2-5H,1H3. The van der Waals surface area contributed by atoms with E-state index in [4.69, 9.17) is 9.15 Å². The highest BCUT2D eigenvalue weighted by Gasteiger charge is 2.14. The summed E-state index contributed by atoms with van der Waals surface area (Å²) >= 11 is 8.28. The van der Waals surface area contributed by atoms with E-state index < -0.39 is 0 Å². The van der Waals surface area contributed by atoms with E-state index in [1.165, 1.54) is 11.3 Å². The molecule has 3 heterocycles. The van der Waals surface area contributed by atoms with Gasteiger partial charge in [0, 0.05) is 11.5 Å². The van der Waals surface area contributed by atoms with E-state index in [1.54, 1.807) is 11.6 Å². The topological polar surface area (TPSA) is 52.6 Å². The van der Waals surface area contributed by atoms with Crippen molar-refractivity contribution in [1.29, 1.82) is 0 Å². The molecule has 0 aliphatic heterocycles. The van der Waals surface area contributed by atoms with Crippen molar-refractivity contribution in [3.8, 4) is 17.2 Å². The maximum atomic E-state index is 5.87. The van der Waals surface area contributed by atoms with E-state index in [0.29, 0.717) is 5.76 Å². The number of hydrogen-bond donors (Lipinski definition) is 0. The van der Waals surface area contributed by atoms with Crippen molar-refractivity contribution >= 4 is 59.1 Å². The highest BCUT2D eigenvalue weighted by molar-refractivity contribution is 9.11. The van der Waals surface area contributed by atoms with Crippen LogP contribution in [0.5, 0.6) is 5.75 Å². The minimum Gasteiger partial charge on any atom is -0.495 e. The smallest absolute Gasteiger partial charge is 0.213 e. The van der Waals surface area contributed by atoms with Gasteiger partial charge in [0.15, 0.2) is 9.68 Å². The molecule has 0 spiro atoms. The Morgan fingerprint density at radius 1 is 1.29 bits per heavy atom. The van der Waals surface area contributed by atoms with Crippen molar-refractivity contribution in [2.75, 3.05) is 7.11 Å². The Bertz CT molecular complexity index is 941. The molecule has 0 aliphatic rings. The molecule has 0 saturated carbocycles.